The molecule has 1 aromatic rings. The summed E-state index contributed by atoms with van der Waals surface area (Å²) in [6.45, 7) is 3.34. The van der Waals surface area contributed by atoms with Crippen LogP contribution in [-0.4, -0.2) is 36.5 Å². The molecule has 112 valence electrons. The van der Waals surface area contributed by atoms with E-state index in [1.807, 2.05) is 30.3 Å². The molecule has 1 aliphatic rings. The smallest absolute Gasteiger partial charge is 0.310 e. The Bertz CT molecular complexity index is 510. The van der Waals surface area contributed by atoms with Gasteiger partial charge in [0.2, 0.25) is 5.91 Å². The zero-order chi connectivity index (χ0) is 15.1. The molecule has 2 rings (SSSR count). The van der Waals surface area contributed by atoms with Crippen molar-refractivity contribution in [3.05, 3.63) is 42.0 Å². The number of rotatable bonds is 4. The molecular weight excluding hydrogens is 266 g/mol. The van der Waals surface area contributed by atoms with Crippen LogP contribution in [0.15, 0.2) is 36.4 Å². The maximum atomic E-state index is 12.2. The monoisotopic (exact) mass is 287 g/mol. The number of hydrogen-bond acceptors (Lipinski definition) is 3. The minimum atomic E-state index is -0.193. The zero-order valence-electron chi connectivity index (χ0n) is 12.3. The summed E-state index contributed by atoms with van der Waals surface area (Å²) in [6.07, 6.45) is 5.01. The number of nitrogens with zero attached hydrogens (tertiary/aromatic N) is 1. The molecule has 1 fully saturated rings. The van der Waals surface area contributed by atoms with Gasteiger partial charge >= 0.3 is 5.97 Å². The molecule has 0 spiro atoms. The Balaban J connectivity index is 1.93. The number of amides is 1. The van der Waals surface area contributed by atoms with E-state index in [1.165, 1.54) is 0 Å². The van der Waals surface area contributed by atoms with Crippen LogP contribution >= 0.6 is 0 Å². The average molecular weight is 287 g/mol. The van der Waals surface area contributed by atoms with E-state index in [1.54, 1.807) is 24.0 Å². The lowest BCUT2D eigenvalue weighted by Crippen LogP contribution is -2.42. The molecule has 0 aromatic heterocycles. The van der Waals surface area contributed by atoms with Gasteiger partial charge in [-0.1, -0.05) is 30.3 Å². The van der Waals surface area contributed by atoms with Crippen LogP contribution in [0.25, 0.3) is 6.08 Å². The molecule has 0 saturated carbocycles. The third-order valence-electron chi connectivity index (χ3n) is 3.57. The van der Waals surface area contributed by atoms with Crippen molar-refractivity contribution in [2.75, 3.05) is 19.7 Å². The maximum absolute atomic E-state index is 12.2. The first-order valence-electron chi connectivity index (χ1n) is 7.39. The summed E-state index contributed by atoms with van der Waals surface area (Å²) in [7, 11) is 0. The second-order valence-electron chi connectivity index (χ2n) is 5.12. The van der Waals surface area contributed by atoms with E-state index < -0.39 is 0 Å². The van der Waals surface area contributed by atoms with Gasteiger partial charge in [0.25, 0.3) is 0 Å². The lowest BCUT2D eigenvalue weighted by atomic mass is 9.98. The highest BCUT2D eigenvalue weighted by molar-refractivity contribution is 5.92. The summed E-state index contributed by atoms with van der Waals surface area (Å²) in [5, 5.41) is 0. The van der Waals surface area contributed by atoms with Crippen molar-refractivity contribution in [1.29, 1.82) is 0 Å². The molecule has 4 heteroatoms. The van der Waals surface area contributed by atoms with Crippen molar-refractivity contribution in [2.45, 2.75) is 19.8 Å². The number of benzene rings is 1. The number of carbonyl (C=O) groups excluding carboxylic acids is 2. The van der Waals surface area contributed by atoms with E-state index >= 15 is 0 Å². The fourth-order valence-electron chi connectivity index (χ4n) is 2.47. The molecule has 0 N–H and O–H groups in total. The zero-order valence-corrected chi connectivity index (χ0v) is 12.3. The van der Waals surface area contributed by atoms with Gasteiger partial charge in [-0.3, -0.25) is 9.59 Å². The van der Waals surface area contributed by atoms with Crippen LogP contribution in [0, 0.1) is 5.92 Å². The Labute approximate surface area is 125 Å². The Kier molecular flexibility index (Phi) is 5.55. The van der Waals surface area contributed by atoms with Gasteiger partial charge in [0.15, 0.2) is 0 Å². The lowest BCUT2D eigenvalue weighted by molar-refractivity contribution is -0.150. The van der Waals surface area contributed by atoms with Crippen molar-refractivity contribution in [1.82, 2.24) is 4.90 Å². The van der Waals surface area contributed by atoms with E-state index in [0.717, 1.165) is 18.4 Å². The van der Waals surface area contributed by atoms with Crippen molar-refractivity contribution in [2.24, 2.45) is 5.92 Å². The molecule has 1 amide bonds. The predicted molar refractivity (Wildman–Crippen MR) is 81.4 cm³/mol. The van der Waals surface area contributed by atoms with E-state index in [9.17, 15) is 9.59 Å². The first-order chi connectivity index (χ1) is 10.2. The molecule has 0 unspecified atom stereocenters. The highest BCUT2D eigenvalue weighted by Gasteiger charge is 2.28. The van der Waals surface area contributed by atoms with Gasteiger partial charge in [-0.05, 0) is 31.4 Å². The molecule has 0 bridgehead atoms. The number of piperidine rings is 1. The molecule has 1 saturated heterocycles. The van der Waals surface area contributed by atoms with Crippen molar-refractivity contribution < 1.29 is 14.3 Å². The molecule has 0 aliphatic carbocycles. The molecule has 4 nitrogen and oxygen atoms in total. The topological polar surface area (TPSA) is 46.6 Å². The van der Waals surface area contributed by atoms with Gasteiger partial charge in [-0.2, -0.15) is 0 Å². The summed E-state index contributed by atoms with van der Waals surface area (Å²) in [4.78, 5) is 25.7. The van der Waals surface area contributed by atoms with Crippen LogP contribution in [0.4, 0.5) is 0 Å². The van der Waals surface area contributed by atoms with Gasteiger partial charge in [-0.15, -0.1) is 0 Å². The van der Waals surface area contributed by atoms with Crippen molar-refractivity contribution in [3.8, 4) is 0 Å². The van der Waals surface area contributed by atoms with Gasteiger partial charge < -0.3 is 9.64 Å². The van der Waals surface area contributed by atoms with Gasteiger partial charge in [0.05, 0.1) is 12.5 Å². The van der Waals surface area contributed by atoms with E-state index in [0.29, 0.717) is 19.7 Å². The van der Waals surface area contributed by atoms with E-state index in [2.05, 4.69) is 0 Å². The largest absolute Gasteiger partial charge is 0.466 e. The second-order valence-corrected chi connectivity index (χ2v) is 5.12. The lowest BCUT2D eigenvalue weighted by Gasteiger charge is -2.30. The molecule has 1 atom stereocenters. The summed E-state index contributed by atoms with van der Waals surface area (Å²) in [6, 6.07) is 9.69. The Hall–Kier alpha value is -2.10. The fraction of sp³-hybridized carbons (Fsp3) is 0.412. The summed E-state index contributed by atoms with van der Waals surface area (Å²) >= 11 is 0. The van der Waals surface area contributed by atoms with Crippen LogP contribution in [0.2, 0.25) is 0 Å². The summed E-state index contributed by atoms with van der Waals surface area (Å²) in [5.74, 6) is -0.428. The highest BCUT2D eigenvalue weighted by atomic mass is 16.5. The van der Waals surface area contributed by atoms with Gasteiger partial charge in [-0.25, -0.2) is 0 Å². The maximum Gasteiger partial charge on any atom is 0.310 e. The Morgan fingerprint density at radius 1 is 1.33 bits per heavy atom. The number of likely N-dealkylation sites (tertiary alicyclic amines) is 1. The first kappa shape index (κ1) is 15.3. The fourth-order valence-corrected chi connectivity index (χ4v) is 2.47. The first-order valence-corrected chi connectivity index (χ1v) is 7.39. The van der Waals surface area contributed by atoms with Crippen LogP contribution in [0.5, 0.6) is 0 Å². The average Bonchev–Trinajstić information content (AvgIpc) is 2.54. The third kappa shape index (κ3) is 4.45. The standard InChI is InChI=1S/C17H21NO3/c1-2-21-17(20)15-9-6-12-18(13-15)16(19)11-10-14-7-4-3-5-8-14/h3-5,7-8,10-11,15H,2,6,9,12-13H2,1H3/b11-10-/t15-/m1/s1. The number of ether oxygens (including phenoxy) is 1. The second kappa shape index (κ2) is 7.62. The van der Waals surface area contributed by atoms with Crippen molar-refractivity contribution >= 4 is 18.0 Å². The molecule has 21 heavy (non-hydrogen) atoms. The van der Waals surface area contributed by atoms with Crippen LogP contribution in [0.1, 0.15) is 25.3 Å². The van der Waals surface area contributed by atoms with Crippen LogP contribution in [0.3, 0.4) is 0 Å². The summed E-state index contributed by atoms with van der Waals surface area (Å²) in [5.41, 5.74) is 0.991. The molecule has 1 heterocycles. The van der Waals surface area contributed by atoms with Gasteiger partial charge in [0.1, 0.15) is 0 Å². The predicted octanol–water partition coefficient (Wildman–Crippen LogP) is 2.50. The molecular formula is C17H21NO3. The minimum absolute atomic E-state index is 0.0483. The van der Waals surface area contributed by atoms with Crippen molar-refractivity contribution in [3.63, 3.8) is 0 Å². The van der Waals surface area contributed by atoms with Crippen LogP contribution < -0.4 is 0 Å². The molecule has 0 radical (unpaired) electrons. The normalized spacial score (nSPS) is 18.7. The summed E-state index contributed by atoms with van der Waals surface area (Å²) < 4.78 is 5.04. The Morgan fingerprint density at radius 3 is 2.81 bits per heavy atom. The van der Waals surface area contributed by atoms with Crippen LogP contribution in [-0.2, 0) is 14.3 Å². The third-order valence-corrected chi connectivity index (χ3v) is 3.57. The highest BCUT2D eigenvalue weighted by Crippen LogP contribution is 2.18. The van der Waals surface area contributed by atoms with Gasteiger partial charge in [0, 0.05) is 19.2 Å². The van der Waals surface area contributed by atoms with E-state index in [-0.39, 0.29) is 17.8 Å². The van der Waals surface area contributed by atoms with E-state index in [4.69, 9.17) is 4.74 Å². The minimum Gasteiger partial charge on any atom is -0.466 e. The molecule has 1 aliphatic heterocycles. The quantitative estimate of drug-likeness (QED) is 0.631. The number of hydrogen-bond donors (Lipinski definition) is 0. The SMILES string of the molecule is CCOC(=O)[C@@H]1CCCN(C(=O)/C=C\c2ccccc2)C1. The number of esters is 1. The molecule has 1 aromatic carbocycles. The number of carbonyl (C=O) groups is 2. The Morgan fingerprint density at radius 2 is 2.10 bits per heavy atom.